The molecule has 1 saturated heterocycles. The third kappa shape index (κ3) is 9.45. The molecule has 5 atom stereocenters. The van der Waals surface area contributed by atoms with E-state index in [-0.39, 0.29) is 18.8 Å². The van der Waals surface area contributed by atoms with Crippen LogP contribution in [-0.4, -0.2) is 99.5 Å². The first kappa shape index (κ1) is 42.5. The highest BCUT2D eigenvalue weighted by Crippen LogP contribution is 2.43. The summed E-state index contributed by atoms with van der Waals surface area (Å²) in [6.07, 6.45) is -0.891. The normalized spacial score (nSPS) is 18.7. The molecule has 58 heavy (non-hydrogen) atoms. The zero-order valence-electron chi connectivity index (χ0n) is 33.1. The lowest BCUT2D eigenvalue weighted by Gasteiger charge is -2.37. The lowest BCUT2D eigenvalue weighted by atomic mass is 9.80. The van der Waals surface area contributed by atoms with Crippen molar-refractivity contribution in [2.75, 3.05) is 38.6 Å². The number of fused-ring (bicyclic) bond motifs is 1. The van der Waals surface area contributed by atoms with Crippen molar-refractivity contribution in [2.24, 2.45) is 0 Å². The molecule has 1 fully saturated rings. The van der Waals surface area contributed by atoms with Crippen molar-refractivity contribution in [3.8, 4) is 11.5 Å². The number of amides is 1. The second-order valence-corrected chi connectivity index (χ2v) is 17.0. The van der Waals surface area contributed by atoms with Crippen molar-refractivity contribution >= 4 is 50.6 Å². The standard InChI is InChI=1S/C41H48N6O9S2/c1-40(2,3)56-39(50)46-30(20-21-58-57-6)38(49)55-34-33(48)31(54-37(34)47-24-45-32-35(42)43-23-44-36(32)47)22-53-41(25-10-8-7-9-11-25,26-12-16-28(51-4)17-13-26)27-14-18-29(52-5)19-15-27/h7-19,23-24,30-31,33-34,37,48H,20-22H2,1-6H3,(H,46,50)(H2,42,43,44)/t30-,31+,33+,34+,37+/m0/s1. The van der Waals surface area contributed by atoms with Gasteiger partial charge in [-0.1, -0.05) is 76.2 Å². The SMILES string of the molecule is COc1ccc(C(OC[C@H]2O[C@@H](n3cnc4c(N)ncnc43)[C@H](OC(=O)[C@H](CCSSC)NC(=O)OC(C)(C)C)[C@@H]2O)(c2ccccc2)c2ccc(OC)cc2)cc1. The lowest BCUT2D eigenvalue weighted by molar-refractivity contribution is -0.161. The monoisotopic (exact) mass is 832 g/mol. The third-order valence-electron chi connectivity index (χ3n) is 9.45. The summed E-state index contributed by atoms with van der Waals surface area (Å²) in [5.74, 6) is 1.17. The van der Waals surface area contributed by atoms with Crippen molar-refractivity contribution < 1.29 is 43.1 Å². The molecule has 15 nitrogen and oxygen atoms in total. The van der Waals surface area contributed by atoms with Crippen molar-refractivity contribution in [1.29, 1.82) is 0 Å². The van der Waals surface area contributed by atoms with Crippen LogP contribution < -0.4 is 20.5 Å². The van der Waals surface area contributed by atoms with E-state index >= 15 is 0 Å². The van der Waals surface area contributed by atoms with Gasteiger partial charge in [0.15, 0.2) is 23.8 Å². The van der Waals surface area contributed by atoms with Crippen LogP contribution in [-0.2, 0) is 29.3 Å². The molecule has 1 aliphatic heterocycles. The molecule has 1 aliphatic rings. The Morgan fingerprint density at radius 3 is 2.14 bits per heavy atom. The second kappa shape index (κ2) is 18.7. The predicted molar refractivity (Wildman–Crippen MR) is 222 cm³/mol. The third-order valence-corrected chi connectivity index (χ3v) is 11.3. The van der Waals surface area contributed by atoms with Crippen LogP contribution in [0.25, 0.3) is 11.2 Å². The summed E-state index contributed by atoms with van der Waals surface area (Å²) in [5.41, 5.74) is 7.00. The number of anilines is 1. The molecule has 6 rings (SSSR count). The lowest BCUT2D eigenvalue weighted by Crippen LogP contribution is -2.47. The van der Waals surface area contributed by atoms with E-state index in [2.05, 4.69) is 20.3 Å². The van der Waals surface area contributed by atoms with Crippen LogP contribution in [0.1, 0.15) is 50.1 Å². The van der Waals surface area contributed by atoms with Gasteiger partial charge < -0.3 is 44.6 Å². The summed E-state index contributed by atoms with van der Waals surface area (Å²) in [4.78, 5) is 39.8. The van der Waals surface area contributed by atoms with Gasteiger partial charge >= 0.3 is 12.1 Å². The van der Waals surface area contributed by atoms with Crippen LogP contribution in [0, 0.1) is 0 Å². The van der Waals surface area contributed by atoms with Gasteiger partial charge in [-0.2, -0.15) is 0 Å². The summed E-state index contributed by atoms with van der Waals surface area (Å²) in [7, 11) is 6.24. The molecule has 0 aliphatic carbocycles. The van der Waals surface area contributed by atoms with Gasteiger partial charge in [0, 0.05) is 5.75 Å². The summed E-state index contributed by atoms with van der Waals surface area (Å²) in [6, 6.07) is 23.7. The van der Waals surface area contributed by atoms with Crippen LogP contribution in [0.15, 0.2) is 91.5 Å². The van der Waals surface area contributed by atoms with Crippen molar-refractivity contribution in [1.82, 2.24) is 24.8 Å². The number of nitrogen functional groups attached to an aromatic ring is 1. The maximum absolute atomic E-state index is 14.1. The van der Waals surface area contributed by atoms with E-state index in [1.54, 1.807) is 35.0 Å². The molecule has 0 spiro atoms. The molecule has 2 aromatic heterocycles. The van der Waals surface area contributed by atoms with Crippen LogP contribution >= 0.6 is 21.6 Å². The smallest absolute Gasteiger partial charge is 0.408 e. The number of hydrogen-bond acceptors (Lipinski definition) is 15. The number of nitrogens with two attached hydrogens (primary N) is 1. The molecule has 0 unspecified atom stereocenters. The molecular weight excluding hydrogens is 785 g/mol. The molecule has 0 bridgehead atoms. The number of esters is 1. The maximum atomic E-state index is 14.1. The zero-order chi connectivity index (χ0) is 41.5. The van der Waals surface area contributed by atoms with Gasteiger partial charge in [0.1, 0.15) is 52.8 Å². The van der Waals surface area contributed by atoms with Gasteiger partial charge in [-0.25, -0.2) is 24.5 Å². The van der Waals surface area contributed by atoms with Crippen LogP contribution in [0.4, 0.5) is 10.6 Å². The van der Waals surface area contributed by atoms with Crippen molar-refractivity contribution in [3.05, 3.63) is 108 Å². The number of ether oxygens (including phenoxy) is 6. The number of aromatic nitrogens is 4. The Morgan fingerprint density at radius 2 is 1.55 bits per heavy atom. The van der Waals surface area contributed by atoms with Crippen LogP contribution in [0.5, 0.6) is 11.5 Å². The molecule has 17 heteroatoms. The minimum atomic E-state index is -1.44. The number of aliphatic hydroxyl groups excluding tert-OH is 1. The Bertz CT molecular complexity index is 2090. The number of carbonyl (C=O) groups is 2. The van der Waals surface area contributed by atoms with Crippen LogP contribution in [0.3, 0.4) is 0 Å². The molecular formula is C41H48N6O9S2. The molecule has 5 aromatic rings. The number of rotatable bonds is 16. The number of carbonyl (C=O) groups excluding carboxylic acids is 2. The molecule has 4 N–H and O–H groups in total. The highest BCUT2D eigenvalue weighted by molar-refractivity contribution is 8.76. The maximum Gasteiger partial charge on any atom is 0.408 e. The van der Waals surface area contributed by atoms with Gasteiger partial charge in [0.2, 0.25) is 0 Å². The van der Waals surface area contributed by atoms with E-state index in [1.807, 2.05) is 85.1 Å². The van der Waals surface area contributed by atoms with Crippen LogP contribution in [0.2, 0.25) is 0 Å². The van der Waals surface area contributed by atoms with E-state index in [1.165, 1.54) is 38.8 Å². The van der Waals surface area contributed by atoms with E-state index in [9.17, 15) is 14.7 Å². The fourth-order valence-corrected chi connectivity index (χ4v) is 8.00. The first-order valence-corrected chi connectivity index (χ1v) is 21.2. The van der Waals surface area contributed by atoms with Gasteiger partial charge in [-0.05, 0) is 74.4 Å². The average Bonchev–Trinajstić information content (AvgIpc) is 3.79. The first-order valence-electron chi connectivity index (χ1n) is 18.5. The highest BCUT2D eigenvalue weighted by atomic mass is 33.1. The minimum absolute atomic E-state index is 0.135. The van der Waals surface area contributed by atoms with Crippen molar-refractivity contribution in [3.63, 3.8) is 0 Å². The number of benzene rings is 3. The highest BCUT2D eigenvalue weighted by Gasteiger charge is 2.50. The molecule has 0 radical (unpaired) electrons. The van der Waals surface area contributed by atoms with Gasteiger partial charge in [0.05, 0.1) is 27.2 Å². The molecule has 1 amide bonds. The number of methoxy groups -OCH3 is 2. The Kier molecular flexibility index (Phi) is 13.7. The average molecular weight is 833 g/mol. The number of imidazole rings is 1. The topological polar surface area (TPSA) is 191 Å². The summed E-state index contributed by atoms with van der Waals surface area (Å²) >= 11 is 0. The van der Waals surface area contributed by atoms with Gasteiger partial charge in [0.25, 0.3) is 0 Å². The zero-order valence-corrected chi connectivity index (χ0v) is 34.7. The van der Waals surface area contributed by atoms with E-state index < -0.39 is 53.8 Å². The molecule has 3 heterocycles. The van der Waals surface area contributed by atoms with E-state index in [0.29, 0.717) is 28.4 Å². The molecule has 0 saturated carbocycles. The van der Waals surface area contributed by atoms with E-state index in [0.717, 1.165) is 16.7 Å². The number of nitrogens with one attached hydrogen (secondary N) is 1. The molecule has 308 valence electrons. The predicted octanol–water partition coefficient (Wildman–Crippen LogP) is 5.90. The second-order valence-electron chi connectivity index (χ2n) is 14.3. The van der Waals surface area contributed by atoms with Crippen molar-refractivity contribution in [2.45, 2.75) is 69.0 Å². The Hall–Kier alpha value is -5.07. The number of aliphatic hydroxyl groups is 1. The Balaban J connectivity index is 1.38. The Morgan fingerprint density at radius 1 is 0.931 bits per heavy atom. The number of hydrogen-bond donors (Lipinski definition) is 3. The summed E-state index contributed by atoms with van der Waals surface area (Å²) in [5, 5.41) is 14.8. The number of nitrogens with zero attached hydrogens (tertiary/aromatic N) is 4. The largest absolute Gasteiger partial charge is 0.497 e. The summed E-state index contributed by atoms with van der Waals surface area (Å²) < 4.78 is 37.7. The quantitative estimate of drug-likeness (QED) is 0.0461. The summed E-state index contributed by atoms with van der Waals surface area (Å²) in [6.45, 7) is 4.99. The number of alkyl carbamates (subject to hydrolysis) is 1. The minimum Gasteiger partial charge on any atom is -0.497 e. The fourth-order valence-electron chi connectivity index (χ4n) is 6.71. The molecule has 3 aromatic carbocycles. The van der Waals surface area contributed by atoms with Gasteiger partial charge in [-0.15, -0.1) is 0 Å². The fraction of sp³-hybridized carbons (Fsp3) is 0.390. The Labute approximate surface area is 344 Å². The van der Waals surface area contributed by atoms with E-state index in [4.69, 9.17) is 34.2 Å². The first-order chi connectivity index (χ1) is 27.9. The van der Waals surface area contributed by atoms with Gasteiger partial charge in [-0.3, -0.25) is 4.57 Å².